The summed E-state index contributed by atoms with van der Waals surface area (Å²) in [6.45, 7) is 3.62. The lowest BCUT2D eigenvalue weighted by Crippen LogP contribution is -2.17. The Morgan fingerprint density at radius 1 is 1.50 bits per heavy atom. The van der Waals surface area contributed by atoms with Gasteiger partial charge in [0.05, 0.1) is 5.75 Å². The lowest BCUT2D eigenvalue weighted by atomic mass is 10.4. The minimum Gasteiger partial charge on any atom is -0.312 e. The van der Waals surface area contributed by atoms with Gasteiger partial charge >= 0.3 is 0 Å². The summed E-state index contributed by atoms with van der Waals surface area (Å²) < 4.78 is 22.9. The fourth-order valence-electron chi connectivity index (χ4n) is 1.28. The third-order valence-electron chi connectivity index (χ3n) is 2.08. The molecule has 0 saturated heterocycles. The second-order valence-electron chi connectivity index (χ2n) is 3.78. The number of thiophene rings is 1. The number of hydrogen-bond acceptors (Lipinski definition) is 4. The van der Waals surface area contributed by atoms with Crippen molar-refractivity contribution in [2.75, 3.05) is 18.6 Å². The van der Waals surface area contributed by atoms with Crippen LogP contribution in [0.5, 0.6) is 0 Å². The van der Waals surface area contributed by atoms with E-state index < -0.39 is 9.84 Å². The van der Waals surface area contributed by atoms with Crippen LogP contribution >= 0.6 is 27.3 Å². The Balaban J connectivity index is 2.21. The van der Waals surface area contributed by atoms with Gasteiger partial charge in [-0.05, 0) is 41.9 Å². The van der Waals surface area contributed by atoms with Crippen LogP contribution in [0.1, 0.15) is 16.2 Å². The van der Waals surface area contributed by atoms with Crippen LogP contribution in [0.3, 0.4) is 0 Å². The quantitative estimate of drug-likeness (QED) is 0.816. The summed E-state index contributed by atoms with van der Waals surface area (Å²) >= 11 is 5.22. The zero-order valence-corrected chi connectivity index (χ0v) is 12.6. The monoisotopic (exact) mass is 325 g/mol. The molecule has 0 unspecified atom stereocenters. The van der Waals surface area contributed by atoms with E-state index in [1.165, 1.54) is 16.0 Å². The Labute approximate surface area is 109 Å². The molecule has 1 rings (SSSR count). The Bertz CT molecular complexity index is 420. The number of hydrogen-bond donors (Lipinski definition) is 1. The lowest BCUT2D eigenvalue weighted by molar-refractivity contribution is 0.594. The van der Waals surface area contributed by atoms with Crippen molar-refractivity contribution in [3.63, 3.8) is 0 Å². The highest BCUT2D eigenvalue weighted by molar-refractivity contribution is 9.10. The molecule has 0 aliphatic heterocycles. The standard InChI is InChI=1S/C10H16BrNO2S2/c1-8-10(11)6-9(15-8)7-12-4-3-5-16(2,13)14/h6,12H,3-5,7H2,1-2H3. The van der Waals surface area contributed by atoms with Gasteiger partial charge < -0.3 is 5.32 Å². The summed E-state index contributed by atoms with van der Waals surface area (Å²) in [5, 5.41) is 3.24. The molecule has 0 atom stereocenters. The first-order valence-corrected chi connectivity index (χ1v) is 8.69. The van der Waals surface area contributed by atoms with E-state index in [0.717, 1.165) is 17.6 Å². The summed E-state index contributed by atoms with van der Waals surface area (Å²) in [7, 11) is -2.82. The smallest absolute Gasteiger partial charge is 0.147 e. The van der Waals surface area contributed by atoms with Crippen molar-refractivity contribution in [1.29, 1.82) is 0 Å². The largest absolute Gasteiger partial charge is 0.312 e. The van der Waals surface area contributed by atoms with Gasteiger partial charge in [-0.1, -0.05) is 0 Å². The minimum atomic E-state index is -2.82. The second kappa shape index (κ2) is 6.14. The first-order valence-electron chi connectivity index (χ1n) is 5.02. The SMILES string of the molecule is Cc1sc(CNCCCS(C)(=O)=O)cc1Br. The molecular weight excluding hydrogens is 310 g/mol. The van der Waals surface area contributed by atoms with Crippen LogP contribution in [0.2, 0.25) is 0 Å². The van der Waals surface area contributed by atoms with Crippen molar-refractivity contribution in [3.8, 4) is 0 Å². The molecule has 0 bridgehead atoms. The molecule has 1 aromatic rings. The molecule has 0 aliphatic rings. The predicted molar refractivity (Wildman–Crippen MR) is 72.8 cm³/mol. The normalized spacial score (nSPS) is 11.9. The van der Waals surface area contributed by atoms with Crippen LogP contribution in [0, 0.1) is 6.92 Å². The van der Waals surface area contributed by atoms with Gasteiger partial charge in [-0.15, -0.1) is 11.3 Å². The maximum atomic E-state index is 10.9. The molecule has 0 aromatic carbocycles. The summed E-state index contributed by atoms with van der Waals surface area (Å²) in [5.41, 5.74) is 0. The minimum absolute atomic E-state index is 0.257. The first-order chi connectivity index (χ1) is 7.38. The zero-order chi connectivity index (χ0) is 12.2. The van der Waals surface area contributed by atoms with Gasteiger partial charge in [0.2, 0.25) is 0 Å². The Morgan fingerprint density at radius 2 is 2.19 bits per heavy atom. The van der Waals surface area contributed by atoms with Gasteiger partial charge in [0.1, 0.15) is 9.84 Å². The second-order valence-corrected chi connectivity index (χ2v) is 8.23. The number of aryl methyl sites for hydroxylation is 1. The van der Waals surface area contributed by atoms with E-state index in [0.29, 0.717) is 6.42 Å². The Hall–Kier alpha value is 0.0900. The summed E-state index contributed by atoms with van der Waals surface area (Å²) in [6, 6.07) is 2.10. The number of nitrogens with one attached hydrogen (secondary N) is 1. The van der Waals surface area contributed by atoms with Gasteiger partial charge in [0.25, 0.3) is 0 Å². The molecule has 1 aromatic heterocycles. The van der Waals surface area contributed by atoms with E-state index in [1.54, 1.807) is 11.3 Å². The number of halogens is 1. The van der Waals surface area contributed by atoms with Gasteiger partial charge in [-0.25, -0.2) is 8.42 Å². The first kappa shape index (κ1) is 14.2. The zero-order valence-electron chi connectivity index (χ0n) is 9.42. The van der Waals surface area contributed by atoms with Crippen molar-refractivity contribution < 1.29 is 8.42 Å². The molecular formula is C10H16BrNO2S2. The molecule has 0 amide bonds. The molecule has 0 radical (unpaired) electrons. The highest BCUT2D eigenvalue weighted by Crippen LogP contribution is 2.25. The van der Waals surface area contributed by atoms with Crippen molar-refractivity contribution in [3.05, 3.63) is 20.3 Å². The molecule has 16 heavy (non-hydrogen) atoms. The van der Waals surface area contributed by atoms with Gasteiger partial charge in [-0.3, -0.25) is 0 Å². The summed E-state index contributed by atoms with van der Waals surface area (Å²) in [6.07, 6.45) is 1.94. The van der Waals surface area contributed by atoms with E-state index >= 15 is 0 Å². The van der Waals surface area contributed by atoms with Crippen LogP contribution in [0.4, 0.5) is 0 Å². The molecule has 1 N–H and O–H groups in total. The summed E-state index contributed by atoms with van der Waals surface area (Å²) in [5.74, 6) is 0.257. The number of rotatable bonds is 6. The van der Waals surface area contributed by atoms with Crippen molar-refractivity contribution in [2.24, 2.45) is 0 Å². The molecule has 1 heterocycles. The molecule has 6 heteroatoms. The molecule has 3 nitrogen and oxygen atoms in total. The van der Waals surface area contributed by atoms with Gasteiger partial charge in [0.15, 0.2) is 0 Å². The van der Waals surface area contributed by atoms with E-state index in [-0.39, 0.29) is 5.75 Å². The van der Waals surface area contributed by atoms with E-state index in [1.807, 2.05) is 0 Å². The maximum absolute atomic E-state index is 10.9. The fraction of sp³-hybridized carbons (Fsp3) is 0.600. The highest BCUT2D eigenvalue weighted by Gasteiger charge is 2.03. The molecule has 0 spiro atoms. The average Bonchev–Trinajstić information content (AvgIpc) is 2.44. The molecule has 0 aliphatic carbocycles. The average molecular weight is 326 g/mol. The van der Waals surface area contributed by atoms with Gasteiger partial charge in [-0.2, -0.15) is 0 Å². The third-order valence-corrected chi connectivity index (χ3v) is 5.24. The maximum Gasteiger partial charge on any atom is 0.147 e. The third kappa shape index (κ3) is 5.43. The molecule has 0 fully saturated rings. The van der Waals surface area contributed by atoms with E-state index in [2.05, 4.69) is 34.2 Å². The van der Waals surface area contributed by atoms with Gasteiger partial charge in [0, 0.05) is 27.0 Å². The van der Waals surface area contributed by atoms with Crippen molar-refractivity contribution in [2.45, 2.75) is 19.9 Å². The number of sulfone groups is 1. The van der Waals surface area contributed by atoms with Crippen LogP contribution in [0.25, 0.3) is 0 Å². The lowest BCUT2D eigenvalue weighted by Gasteiger charge is -2.01. The van der Waals surface area contributed by atoms with Crippen LogP contribution < -0.4 is 5.32 Å². The summed E-state index contributed by atoms with van der Waals surface area (Å²) in [4.78, 5) is 2.54. The highest BCUT2D eigenvalue weighted by atomic mass is 79.9. The Morgan fingerprint density at radius 3 is 2.69 bits per heavy atom. The van der Waals surface area contributed by atoms with Crippen molar-refractivity contribution >= 4 is 37.1 Å². The topological polar surface area (TPSA) is 46.2 Å². The van der Waals surface area contributed by atoms with Crippen LogP contribution in [-0.4, -0.2) is 27.0 Å². The predicted octanol–water partition coefficient (Wildman–Crippen LogP) is 2.34. The fourth-order valence-corrected chi connectivity index (χ4v) is 3.52. The van der Waals surface area contributed by atoms with Crippen LogP contribution in [-0.2, 0) is 16.4 Å². The molecule has 92 valence electrons. The Kier molecular flexibility index (Phi) is 5.43. The van der Waals surface area contributed by atoms with E-state index in [4.69, 9.17) is 0 Å². The van der Waals surface area contributed by atoms with Crippen molar-refractivity contribution in [1.82, 2.24) is 5.32 Å². The van der Waals surface area contributed by atoms with E-state index in [9.17, 15) is 8.42 Å². The van der Waals surface area contributed by atoms with Crippen LogP contribution in [0.15, 0.2) is 10.5 Å². The molecule has 0 saturated carbocycles.